The summed E-state index contributed by atoms with van der Waals surface area (Å²) in [5.41, 5.74) is 4.25. The summed E-state index contributed by atoms with van der Waals surface area (Å²) in [4.78, 5) is 1.35. The average molecular weight is 301 g/mol. The van der Waals surface area contributed by atoms with Gasteiger partial charge in [0.15, 0.2) is 0 Å². The summed E-state index contributed by atoms with van der Waals surface area (Å²) in [6.07, 6.45) is 4.54. The zero-order chi connectivity index (χ0) is 14.7. The van der Waals surface area contributed by atoms with Gasteiger partial charge < -0.3 is 5.32 Å². The van der Waals surface area contributed by atoms with Gasteiger partial charge in [0, 0.05) is 6.04 Å². The first-order valence-corrected chi connectivity index (χ1v) is 8.73. The minimum absolute atomic E-state index is 0.398. The first-order chi connectivity index (χ1) is 10.3. The number of rotatable bonds is 7. The summed E-state index contributed by atoms with van der Waals surface area (Å²) >= 11 is 1.57. The van der Waals surface area contributed by atoms with E-state index in [-0.39, 0.29) is 0 Å². The number of benzene rings is 1. The van der Waals surface area contributed by atoms with Crippen LogP contribution in [-0.2, 0) is 12.8 Å². The molecule has 112 valence electrons. The van der Waals surface area contributed by atoms with Crippen molar-refractivity contribution in [2.24, 2.45) is 0 Å². The van der Waals surface area contributed by atoms with Gasteiger partial charge in [-0.2, -0.15) is 0 Å². The van der Waals surface area contributed by atoms with Gasteiger partial charge in [-0.1, -0.05) is 49.0 Å². The Bertz CT molecular complexity index is 593. The number of hydrogen-bond acceptors (Lipinski definition) is 4. The summed E-state index contributed by atoms with van der Waals surface area (Å²) < 4.78 is 4.19. The van der Waals surface area contributed by atoms with Crippen molar-refractivity contribution in [2.45, 2.75) is 51.5 Å². The lowest BCUT2D eigenvalue weighted by molar-refractivity contribution is 0.438. The maximum absolute atomic E-state index is 4.33. The summed E-state index contributed by atoms with van der Waals surface area (Å²) in [5.74, 6) is 0.682. The predicted octanol–water partition coefficient (Wildman–Crippen LogP) is 3.87. The number of aryl methyl sites for hydroxylation is 1. The van der Waals surface area contributed by atoms with Crippen molar-refractivity contribution < 1.29 is 0 Å². The molecule has 1 aromatic heterocycles. The van der Waals surface area contributed by atoms with Gasteiger partial charge >= 0.3 is 0 Å². The quantitative estimate of drug-likeness (QED) is 0.843. The van der Waals surface area contributed by atoms with E-state index in [1.807, 2.05) is 0 Å². The van der Waals surface area contributed by atoms with E-state index in [4.69, 9.17) is 0 Å². The minimum atomic E-state index is 0.398. The molecule has 1 aliphatic carbocycles. The number of hydrogen-bond donors (Lipinski definition) is 1. The second-order valence-corrected chi connectivity index (χ2v) is 6.57. The van der Waals surface area contributed by atoms with Crippen molar-refractivity contribution in [1.82, 2.24) is 14.9 Å². The van der Waals surface area contributed by atoms with Crippen molar-refractivity contribution in [1.29, 1.82) is 0 Å². The largest absolute Gasteiger partial charge is 0.309 e. The molecule has 0 radical (unpaired) electrons. The Hall–Kier alpha value is -1.26. The van der Waals surface area contributed by atoms with E-state index in [9.17, 15) is 0 Å². The van der Waals surface area contributed by atoms with Gasteiger partial charge in [0.1, 0.15) is 0 Å². The van der Waals surface area contributed by atoms with Gasteiger partial charge in [0.05, 0.1) is 10.6 Å². The number of fused-ring (bicyclic) bond motifs is 1. The fourth-order valence-electron chi connectivity index (χ4n) is 3.28. The molecule has 4 heteroatoms. The third-order valence-electron chi connectivity index (χ3n) is 4.32. The maximum atomic E-state index is 4.33. The van der Waals surface area contributed by atoms with Crippen LogP contribution in [0.15, 0.2) is 24.3 Å². The van der Waals surface area contributed by atoms with E-state index >= 15 is 0 Å². The van der Waals surface area contributed by atoms with E-state index in [0.717, 1.165) is 25.8 Å². The molecular formula is C17H23N3S. The van der Waals surface area contributed by atoms with E-state index in [1.165, 1.54) is 28.1 Å². The van der Waals surface area contributed by atoms with Crippen LogP contribution in [0.5, 0.6) is 0 Å². The van der Waals surface area contributed by atoms with Crippen molar-refractivity contribution in [2.75, 3.05) is 6.54 Å². The molecule has 2 aromatic rings. The number of aromatic nitrogens is 2. The Labute approximate surface area is 131 Å². The molecule has 3 nitrogen and oxygen atoms in total. The summed E-state index contributed by atoms with van der Waals surface area (Å²) in [6, 6.07) is 9.23. The monoisotopic (exact) mass is 301 g/mol. The van der Waals surface area contributed by atoms with Crippen LogP contribution in [-0.4, -0.2) is 16.1 Å². The molecule has 2 atom stereocenters. The Morgan fingerprint density at radius 2 is 2.19 bits per heavy atom. The van der Waals surface area contributed by atoms with Gasteiger partial charge in [0.25, 0.3) is 0 Å². The lowest BCUT2D eigenvalue weighted by atomic mass is 9.74. The first kappa shape index (κ1) is 14.7. The average Bonchev–Trinajstić information content (AvgIpc) is 2.92. The van der Waals surface area contributed by atoms with E-state index in [2.05, 4.69) is 53.0 Å². The Balaban J connectivity index is 1.75. The summed E-state index contributed by atoms with van der Waals surface area (Å²) in [6.45, 7) is 5.37. The zero-order valence-corrected chi connectivity index (χ0v) is 13.6. The summed E-state index contributed by atoms with van der Waals surface area (Å²) in [7, 11) is 0. The SMILES string of the molecule is CCCc1nnsc1C(CC1Cc2ccccc21)NCC. The van der Waals surface area contributed by atoms with Gasteiger partial charge in [-0.05, 0) is 54.4 Å². The van der Waals surface area contributed by atoms with Crippen LogP contribution in [0.2, 0.25) is 0 Å². The molecule has 0 aliphatic heterocycles. The third-order valence-corrected chi connectivity index (χ3v) is 5.20. The van der Waals surface area contributed by atoms with Crippen LogP contribution in [0.1, 0.15) is 60.3 Å². The van der Waals surface area contributed by atoms with Gasteiger partial charge in [-0.15, -0.1) is 5.10 Å². The van der Waals surface area contributed by atoms with Crippen LogP contribution in [0.4, 0.5) is 0 Å². The highest BCUT2D eigenvalue weighted by atomic mass is 32.1. The van der Waals surface area contributed by atoms with Crippen molar-refractivity contribution in [3.8, 4) is 0 Å². The number of nitrogens with zero attached hydrogens (tertiary/aromatic N) is 2. The van der Waals surface area contributed by atoms with E-state index in [0.29, 0.717) is 12.0 Å². The first-order valence-electron chi connectivity index (χ1n) is 7.95. The highest BCUT2D eigenvalue weighted by molar-refractivity contribution is 7.05. The highest BCUT2D eigenvalue weighted by Gasteiger charge is 2.30. The van der Waals surface area contributed by atoms with Crippen molar-refractivity contribution in [3.63, 3.8) is 0 Å². The lowest BCUT2D eigenvalue weighted by Crippen LogP contribution is -2.27. The molecule has 2 unspecified atom stereocenters. The van der Waals surface area contributed by atoms with Crippen LogP contribution < -0.4 is 5.32 Å². The molecule has 0 amide bonds. The molecule has 1 aromatic carbocycles. The standard InChI is InChI=1S/C17H23N3S/c1-3-7-15-17(21-20-19-15)16(18-4-2)11-13-10-12-8-5-6-9-14(12)13/h5-6,8-9,13,16,18H,3-4,7,10-11H2,1-2H3. The fraction of sp³-hybridized carbons (Fsp3) is 0.529. The zero-order valence-electron chi connectivity index (χ0n) is 12.8. The lowest BCUT2D eigenvalue weighted by Gasteiger charge is -2.33. The van der Waals surface area contributed by atoms with E-state index in [1.54, 1.807) is 11.5 Å². The van der Waals surface area contributed by atoms with Crippen LogP contribution in [0.3, 0.4) is 0 Å². The molecule has 0 saturated carbocycles. The molecule has 1 heterocycles. The highest BCUT2D eigenvalue weighted by Crippen LogP contribution is 2.41. The van der Waals surface area contributed by atoms with Crippen molar-refractivity contribution >= 4 is 11.5 Å². The molecule has 0 bridgehead atoms. The minimum Gasteiger partial charge on any atom is -0.309 e. The molecule has 0 spiro atoms. The normalized spacial score (nSPS) is 18.1. The van der Waals surface area contributed by atoms with Gasteiger partial charge in [-0.25, -0.2) is 0 Å². The molecule has 0 saturated heterocycles. The summed E-state index contributed by atoms with van der Waals surface area (Å²) in [5, 5.41) is 7.98. The molecule has 1 aliphatic rings. The predicted molar refractivity (Wildman–Crippen MR) is 87.8 cm³/mol. The smallest absolute Gasteiger partial charge is 0.0803 e. The Morgan fingerprint density at radius 1 is 1.33 bits per heavy atom. The number of nitrogens with one attached hydrogen (secondary N) is 1. The van der Waals surface area contributed by atoms with Crippen LogP contribution >= 0.6 is 11.5 Å². The van der Waals surface area contributed by atoms with Crippen molar-refractivity contribution in [3.05, 3.63) is 46.0 Å². The maximum Gasteiger partial charge on any atom is 0.0803 e. The molecule has 21 heavy (non-hydrogen) atoms. The Morgan fingerprint density at radius 3 is 2.95 bits per heavy atom. The fourth-order valence-corrected chi connectivity index (χ4v) is 4.06. The van der Waals surface area contributed by atoms with Gasteiger partial charge in [-0.3, -0.25) is 0 Å². The third kappa shape index (κ3) is 3.01. The molecule has 3 rings (SSSR count). The second-order valence-electron chi connectivity index (χ2n) is 5.78. The second kappa shape index (κ2) is 6.67. The molecule has 0 fully saturated rings. The van der Waals surface area contributed by atoms with Crippen LogP contribution in [0.25, 0.3) is 0 Å². The Kier molecular flexibility index (Phi) is 4.66. The topological polar surface area (TPSA) is 37.8 Å². The molecular weight excluding hydrogens is 278 g/mol. The molecule has 1 N–H and O–H groups in total. The van der Waals surface area contributed by atoms with Gasteiger partial charge in [0.2, 0.25) is 0 Å². The van der Waals surface area contributed by atoms with E-state index < -0.39 is 0 Å². The van der Waals surface area contributed by atoms with Crippen LogP contribution in [0, 0.1) is 0 Å².